The van der Waals surface area contributed by atoms with E-state index in [9.17, 15) is 0 Å². The Balaban J connectivity index is 2.18. The molecule has 3 nitrogen and oxygen atoms in total. The summed E-state index contributed by atoms with van der Waals surface area (Å²) in [5, 5.41) is 8.96. The van der Waals surface area contributed by atoms with E-state index >= 15 is 0 Å². The number of nitrogens with two attached hydrogens (primary N) is 1. The lowest BCUT2D eigenvalue weighted by Crippen LogP contribution is -2.18. The first-order chi connectivity index (χ1) is 3.75. The van der Waals surface area contributed by atoms with Crippen LogP contribution in [0.3, 0.4) is 0 Å². The number of epoxide rings is 1. The molecule has 2 unspecified atom stereocenters. The van der Waals surface area contributed by atoms with E-state index in [1.165, 1.54) is 0 Å². The molecular formula is C5H11NO2. The summed E-state index contributed by atoms with van der Waals surface area (Å²) in [5.41, 5.74) is 5.26. The highest BCUT2D eigenvalue weighted by atomic mass is 16.6. The summed E-state index contributed by atoms with van der Waals surface area (Å²) in [6.45, 7) is 1.90. The summed E-state index contributed by atoms with van der Waals surface area (Å²) in [4.78, 5) is 0. The van der Waals surface area contributed by atoms with E-state index in [1.807, 2.05) is 6.92 Å². The van der Waals surface area contributed by atoms with Crippen LogP contribution in [0.15, 0.2) is 0 Å². The molecule has 8 heavy (non-hydrogen) atoms. The highest BCUT2D eigenvalue weighted by Gasteiger charge is 2.40. The molecule has 48 valence electrons. The SMILES string of the molecule is CC[C@@H](O)C1OC1N. The third-order valence-electron chi connectivity index (χ3n) is 1.36. The molecule has 0 radical (unpaired) electrons. The predicted octanol–water partition coefficient (Wildman–Crippen LogP) is -0.559. The maximum Gasteiger partial charge on any atom is 0.135 e. The Morgan fingerprint density at radius 3 is 2.50 bits per heavy atom. The molecule has 0 aliphatic carbocycles. The molecule has 3 heteroatoms. The minimum atomic E-state index is -0.356. The lowest BCUT2D eigenvalue weighted by Gasteiger charge is -1.99. The quantitative estimate of drug-likeness (QED) is 0.477. The molecule has 0 amide bonds. The molecule has 0 bridgehead atoms. The second-order valence-corrected chi connectivity index (χ2v) is 2.04. The molecule has 0 aromatic rings. The second-order valence-electron chi connectivity index (χ2n) is 2.04. The molecule has 1 heterocycles. The molecule has 1 aliphatic heterocycles. The van der Waals surface area contributed by atoms with Gasteiger partial charge in [0, 0.05) is 0 Å². The minimum Gasteiger partial charge on any atom is -0.390 e. The van der Waals surface area contributed by atoms with Gasteiger partial charge in [-0.15, -0.1) is 0 Å². The van der Waals surface area contributed by atoms with Crippen molar-refractivity contribution in [3.8, 4) is 0 Å². The highest BCUT2D eigenvalue weighted by molar-refractivity contribution is 4.85. The molecule has 1 saturated heterocycles. The molecule has 1 aliphatic rings. The maximum atomic E-state index is 8.96. The zero-order valence-electron chi connectivity index (χ0n) is 4.87. The molecule has 0 aromatic heterocycles. The summed E-state index contributed by atoms with van der Waals surface area (Å²) in [6.07, 6.45) is 0.0770. The number of hydrogen-bond acceptors (Lipinski definition) is 3. The summed E-state index contributed by atoms with van der Waals surface area (Å²) < 4.78 is 4.80. The first-order valence-corrected chi connectivity index (χ1v) is 2.84. The van der Waals surface area contributed by atoms with Crippen molar-refractivity contribution in [2.45, 2.75) is 31.8 Å². The third kappa shape index (κ3) is 0.992. The van der Waals surface area contributed by atoms with Gasteiger partial charge in [-0.2, -0.15) is 0 Å². The van der Waals surface area contributed by atoms with E-state index in [-0.39, 0.29) is 18.4 Å². The average molecular weight is 117 g/mol. The van der Waals surface area contributed by atoms with Crippen LogP contribution in [0.2, 0.25) is 0 Å². The fraction of sp³-hybridized carbons (Fsp3) is 1.00. The number of hydrogen-bond donors (Lipinski definition) is 2. The number of aliphatic hydroxyl groups is 1. The predicted molar refractivity (Wildman–Crippen MR) is 29.1 cm³/mol. The van der Waals surface area contributed by atoms with E-state index in [2.05, 4.69) is 0 Å². The van der Waals surface area contributed by atoms with Crippen molar-refractivity contribution in [1.29, 1.82) is 0 Å². The first kappa shape index (κ1) is 6.01. The van der Waals surface area contributed by atoms with Gasteiger partial charge in [0.2, 0.25) is 0 Å². The van der Waals surface area contributed by atoms with Gasteiger partial charge in [-0.1, -0.05) is 6.92 Å². The van der Waals surface area contributed by atoms with Crippen LogP contribution >= 0.6 is 0 Å². The van der Waals surface area contributed by atoms with Crippen molar-refractivity contribution in [2.24, 2.45) is 5.73 Å². The van der Waals surface area contributed by atoms with Gasteiger partial charge in [-0.25, -0.2) is 0 Å². The Morgan fingerprint density at radius 1 is 1.88 bits per heavy atom. The average Bonchev–Trinajstić information content (AvgIpc) is 2.45. The number of aliphatic hydroxyl groups excluding tert-OH is 1. The molecular weight excluding hydrogens is 106 g/mol. The third-order valence-corrected chi connectivity index (χ3v) is 1.36. The normalized spacial score (nSPS) is 39.4. The van der Waals surface area contributed by atoms with E-state index in [4.69, 9.17) is 15.6 Å². The summed E-state index contributed by atoms with van der Waals surface area (Å²) >= 11 is 0. The van der Waals surface area contributed by atoms with Gasteiger partial charge >= 0.3 is 0 Å². The van der Waals surface area contributed by atoms with Crippen molar-refractivity contribution in [3.05, 3.63) is 0 Å². The van der Waals surface area contributed by atoms with Crippen molar-refractivity contribution in [2.75, 3.05) is 0 Å². The van der Waals surface area contributed by atoms with E-state index in [0.717, 1.165) is 6.42 Å². The van der Waals surface area contributed by atoms with Crippen LogP contribution in [-0.2, 0) is 4.74 Å². The van der Waals surface area contributed by atoms with Gasteiger partial charge in [0.15, 0.2) is 0 Å². The Hall–Kier alpha value is -0.120. The number of rotatable bonds is 2. The van der Waals surface area contributed by atoms with Gasteiger partial charge < -0.3 is 15.6 Å². The maximum absolute atomic E-state index is 8.96. The molecule has 3 atom stereocenters. The van der Waals surface area contributed by atoms with E-state index in [1.54, 1.807) is 0 Å². The van der Waals surface area contributed by atoms with Gasteiger partial charge in [-0.05, 0) is 6.42 Å². The standard InChI is InChI=1S/C5H11NO2/c1-2-3(7)4-5(6)8-4/h3-5,7H,2,6H2,1H3/t3-,4?,5?/m1/s1. The van der Waals surface area contributed by atoms with Crippen molar-refractivity contribution < 1.29 is 9.84 Å². The fourth-order valence-corrected chi connectivity index (χ4v) is 0.678. The van der Waals surface area contributed by atoms with Crippen LogP contribution < -0.4 is 5.73 Å². The van der Waals surface area contributed by atoms with Gasteiger partial charge in [0.25, 0.3) is 0 Å². The van der Waals surface area contributed by atoms with Crippen molar-refractivity contribution in [3.63, 3.8) is 0 Å². The molecule has 0 spiro atoms. The zero-order valence-corrected chi connectivity index (χ0v) is 4.87. The molecule has 1 rings (SSSR count). The number of ether oxygens (including phenoxy) is 1. The Labute approximate surface area is 48.4 Å². The zero-order chi connectivity index (χ0) is 6.15. The molecule has 1 fully saturated rings. The van der Waals surface area contributed by atoms with Gasteiger partial charge in [-0.3, -0.25) is 0 Å². The second kappa shape index (κ2) is 2.01. The van der Waals surface area contributed by atoms with Crippen molar-refractivity contribution in [1.82, 2.24) is 0 Å². The van der Waals surface area contributed by atoms with Crippen molar-refractivity contribution >= 4 is 0 Å². The van der Waals surface area contributed by atoms with Crippen LogP contribution in [0.25, 0.3) is 0 Å². The molecule has 3 N–H and O–H groups in total. The van der Waals surface area contributed by atoms with Crippen LogP contribution in [-0.4, -0.2) is 23.5 Å². The largest absolute Gasteiger partial charge is 0.390 e. The Bertz CT molecular complexity index is 84.5. The van der Waals surface area contributed by atoms with Crippen LogP contribution in [0, 0.1) is 0 Å². The molecule has 0 aromatic carbocycles. The summed E-state index contributed by atoms with van der Waals surface area (Å²) in [5.74, 6) is 0. The minimum absolute atomic E-state index is 0.0833. The smallest absolute Gasteiger partial charge is 0.135 e. The van der Waals surface area contributed by atoms with Gasteiger partial charge in [0.1, 0.15) is 12.3 Å². The van der Waals surface area contributed by atoms with Crippen LogP contribution in [0.1, 0.15) is 13.3 Å². The highest BCUT2D eigenvalue weighted by Crippen LogP contribution is 2.21. The summed E-state index contributed by atoms with van der Waals surface area (Å²) in [6, 6.07) is 0. The lowest BCUT2D eigenvalue weighted by molar-refractivity contribution is 0.131. The topological polar surface area (TPSA) is 58.8 Å². The first-order valence-electron chi connectivity index (χ1n) is 2.84. The monoisotopic (exact) mass is 117 g/mol. The van der Waals surface area contributed by atoms with E-state index < -0.39 is 0 Å². The fourth-order valence-electron chi connectivity index (χ4n) is 0.678. The Kier molecular flexibility index (Phi) is 1.51. The van der Waals surface area contributed by atoms with E-state index in [0.29, 0.717) is 0 Å². The lowest BCUT2D eigenvalue weighted by atomic mass is 10.2. The van der Waals surface area contributed by atoms with Gasteiger partial charge in [0.05, 0.1) is 6.10 Å². The molecule has 0 saturated carbocycles. The van der Waals surface area contributed by atoms with Crippen LogP contribution in [0.4, 0.5) is 0 Å². The summed E-state index contributed by atoms with van der Waals surface area (Å²) in [7, 11) is 0. The Morgan fingerprint density at radius 2 is 2.38 bits per heavy atom. The van der Waals surface area contributed by atoms with Crippen LogP contribution in [0.5, 0.6) is 0 Å².